The Balaban J connectivity index is 1.61. The van der Waals surface area contributed by atoms with Crippen LogP contribution in [0, 0.1) is 6.92 Å². The van der Waals surface area contributed by atoms with Crippen molar-refractivity contribution in [1.82, 2.24) is 10.2 Å². The lowest BCUT2D eigenvalue weighted by Crippen LogP contribution is -2.53. The zero-order chi connectivity index (χ0) is 22.4. The fraction of sp³-hybridized carbons (Fsp3) is 0.130. The molecule has 3 rings (SSSR count). The number of rotatable bonds is 7. The van der Waals surface area contributed by atoms with Crippen LogP contribution in [0.3, 0.4) is 0 Å². The first-order chi connectivity index (χ1) is 14.9. The minimum atomic E-state index is -0.552. The first-order valence-electron chi connectivity index (χ1n) is 9.46. The highest BCUT2D eigenvalue weighted by molar-refractivity contribution is 7.80. The van der Waals surface area contributed by atoms with Gasteiger partial charge in [0.1, 0.15) is 11.3 Å². The summed E-state index contributed by atoms with van der Waals surface area (Å²) in [4.78, 5) is 38.0. The molecule has 0 spiro atoms. The predicted octanol–water partition coefficient (Wildman–Crippen LogP) is 2.83. The average molecular weight is 436 g/mol. The molecule has 7 nitrogen and oxygen atoms in total. The molecule has 2 aromatic rings. The zero-order valence-electron chi connectivity index (χ0n) is 16.9. The van der Waals surface area contributed by atoms with Crippen molar-refractivity contribution in [2.24, 2.45) is 0 Å². The van der Waals surface area contributed by atoms with Crippen molar-refractivity contribution in [3.05, 3.63) is 77.9 Å². The van der Waals surface area contributed by atoms with Crippen molar-refractivity contribution >= 4 is 46.8 Å². The molecule has 0 unspecified atom stereocenters. The van der Waals surface area contributed by atoms with Crippen LogP contribution in [0.15, 0.2) is 66.8 Å². The highest BCUT2D eigenvalue weighted by Gasteiger charge is 2.32. The van der Waals surface area contributed by atoms with E-state index < -0.39 is 11.8 Å². The standard InChI is InChI=1S/C23H21N3O4S/c1-3-12-26-22(29)19(21(28)25-23(26)31)13-16-6-10-18(11-7-16)30-14-20(27)24-17-8-4-15(2)5-9-17/h3-11,13H,1,12,14H2,2H3,(H,24,27)(H,25,28,31). The number of benzene rings is 2. The Morgan fingerprint density at radius 2 is 1.84 bits per heavy atom. The Morgan fingerprint density at radius 3 is 2.48 bits per heavy atom. The van der Waals surface area contributed by atoms with E-state index in [0.29, 0.717) is 17.0 Å². The van der Waals surface area contributed by atoms with Gasteiger partial charge in [-0.3, -0.25) is 24.6 Å². The molecule has 0 aromatic heterocycles. The van der Waals surface area contributed by atoms with Gasteiger partial charge in [0.25, 0.3) is 17.7 Å². The van der Waals surface area contributed by atoms with Crippen LogP contribution in [0.25, 0.3) is 6.08 Å². The average Bonchev–Trinajstić information content (AvgIpc) is 2.75. The maximum absolute atomic E-state index is 12.5. The van der Waals surface area contributed by atoms with E-state index in [2.05, 4.69) is 17.2 Å². The SMILES string of the molecule is C=CCN1C(=O)C(=Cc2ccc(OCC(=O)Nc3ccc(C)cc3)cc2)C(=O)NC1=S. The summed E-state index contributed by atoms with van der Waals surface area (Å²) in [6, 6.07) is 14.1. The Labute approximate surface area is 185 Å². The number of aryl methyl sites for hydroxylation is 1. The summed E-state index contributed by atoms with van der Waals surface area (Å²) in [7, 11) is 0. The van der Waals surface area contributed by atoms with Crippen molar-refractivity contribution in [2.75, 3.05) is 18.5 Å². The van der Waals surface area contributed by atoms with E-state index in [9.17, 15) is 14.4 Å². The third-order valence-electron chi connectivity index (χ3n) is 4.39. The maximum Gasteiger partial charge on any atom is 0.265 e. The summed E-state index contributed by atoms with van der Waals surface area (Å²) in [5.74, 6) is -0.835. The number of ether oxygens (including phenoxy) is 1. The molecule has 0 aliphatic carbocycles. The number of nitrogens with zero attached hydrogens (tertiary/aromatic N) is 1. The van der Waals surface area contributed by atoms with E-state index in [-0.39, 0.29) is 29.7 Å². The molecule has 158 valence electrons. The minimum Gasteiger partial charge on any atom is -0.484 e. The zero-order valence-corrected chi connectivity index (χ0v) is 17.7. The van der Waals surface area contributed by atoms with Gasteiger partial charge >= 0.3 is 0 Å². The molecule has 1 saturated heterocycles. The number of hydrogen-bond acceptors (Lipinski definition) is 5. The molecule has 1 aliphatic rings. The quantitative estimate of drug-likeness (QED) is 0.302. The third-order valence-corrected chi connectivity index (χ3v) is 4.72. The van der Waals surface area contributed by atoms with E-state index in [0.717, 1.165) is 5.56 Å². The van der Waals surface area contributed by atoms with Crippen LogP contribution in [0.2, 0.25) is 0 Å². The van der Waals surface area contributed by atoms with E-state index in [1.54, 1.807) is 24.3 Å². The minimum absolute atomic E-state index is 0.0263. The maximum atomic E-state index is 12.5. The molecule has 0 bridgehead atoms. The Kier molecular flexibility index (Phi) is 6.94. The van der Waals surface area contributed by atoms with Crippen LogP contribution in [0.1, 0.15) is 11.1 Å². The predicted molar refractivity (Wildman–Crippen MR) is 122 cm³/mol. The molecule has 8 heteroatoms. The van der Waals surface area contributed by atoms with Gasteiger partial charge in [0.2, 0.25) is 0 Å². The Hall–Kier alpha value is -3.78. The van der Waals surface area contributed by atoms with Gasteiger partial charge in [-0.2, -0.15) is 0 Å². The number of carbonyl (C=O) groups excluding carboxylic acids is 3. The van der Waals surface area contributed by atoms with Crippen LogP contribution >= 0.6 is 12.2 Å². The van der Waals surface area contributed by atoms with Crippen LogP contribution in [0.4, 0.5) is 5.69 Å². The summed E-state index contributed by atoms with van der Waals surface area (Å²) in [5, 5.41) is 5.30. The number of amides is 3. The second-order valence-corrected chi connectivity index (χ2v) is 7.18. The van der Waals surface area contributed by atoms with Crippen molar-refractivity contribution in [3.63, 3.8) is 0 Å². The van der Waals surface area contributed by atoms with Gasteiger partial charge in [-0.25, -0.2) is 0 Å². The first-order valence-corrected chi connectivity index (χ1v) is 9.87. The molecular formula is C23H21N3O4S. The van der Waals surface area contributed by atoms with Gasteiger partial charge < -0.3 is 10.1 Å². The fourth-order valence-corrected chi connectivity index (χ4v) is 3.05. The van der Waals surface area contributed by atoms with Crippen molar-refractivity contribution in [1.29, 1.82) is 0 Å². The second kappa shape index (κ2) is 9.82. The number of thiocarbonyl (C=S) groups is 1. The van der Waals surface area contributed by atoms with Gasteiger partial charge in [0, 0.05) is 12.2 Å². The van der Waals surface area contributed by atoms with Crippen LogP contribution in [-0.2, 0) is 14.4 Å². The normalized spacial score (nSPS) is 14.9. The lowest BCUT2D eigenvalue weighted by Gasteiger charge is -2.27. The Bertz CT molecular complexity index is 1060. The topological polar surface area (TPSA) is 87.7 Å². The van der Waals surface area contributed by atoms with Crippen LogP contribution in [-0.4, -0.2) is 40.9 Å². The lowest BCUT2D eigenvalue weighted by atomic mass is 10.1. The molecule has 31 heavy (non-hydrogen) atoms. The molecule has 0 atom stereocenters. The molecule has 3 amide bonds. The van der Waals surface area contributed by atoms with Crippen molar-refractivity contribution < 1.29 is 19.1 Å². The molecule has 0 radical (unpaired) electrons. The van der Waals surface area contributed by atoms with Crippen molar-refractivity contribution in [2.45, 2.75) is 6.92 Å². The largest absolute Gasteiger partial charge is 0.484 e. The van der Waals surface area contributed by atoms with Crippen LogP contribution < -0.4 is 15.4 Å². The van der Waals surface area contributed by atoms with E-state index >= 15 is 0 Å². The summed E-state index contributed by atoms with van der Waals surface area (Å²) >= 11 is 5.03. The van der Waals surface area contributed by atoms with E-state index in [1.807, 2.05) is 31.2 Å². The number of hydrogen-bond donors (Lipinski definition) is 2. The summed E-state index contributed by atoms with van der Waals surface area (Å²) in [6.45, 7) is 5.61. The number of carbonyl (C=O) groups is 3. The first kappa shape index (κ1) is 21.9. The highest BCUT2D eigenvalue weighted by Crippen LogP contribution is 2.18. The number of anilines is 1. The number of nitrogens with one attached hydrogen (secondary N) is 2. The van der Waals surface area contributed by atoms with Gasteiger partial charge in [-0.05, 0) is 55.0 Å². The third kappa shape index (κ3) is 5.64. The van der Waals surface area contributed by atoms with Crippen LogP contribution in [0.5, 0.6) is 5.75 Å². The molecule has 1 aliphatic heterocycles. The molecule has 1 fully saturated rings. The molecule has 1 heterocycles. The van der Waals surface area contributed by atoms with Gasteiger partial charge in [-0.1, -0.05) is 35.9 Å². The fourth-order valence-electron chi connectivity index (χ4n) is 2.80. The van der Waals surface area contributed by atoms with Gasteiger partial charge in [-0.15, -0.1) is 6.58 Å². The van der Waals surface area contributed by atoms with Gasteiger partial charge in [0.15, 0.2) is 11.7 Å². The lowest BCUT2D eigenvalue weighted by molar-refractivity contribution is -0.128. The summed E-state index contributed by atoms with van der Waals surface area (Å²) in [5.41, 5.74) is 2.40. The highest BCUT2D eigenvalue weighted by atomic mass is 32.1. The van der Waals surface area contributed by atoms with E-state index in [1.165, 1.54) is 17.1 Å². The molecule has 2 N–H and O–H groups in total. The van der Waals surface area contributed by atoms with Crippen molar-refractivity contribution in [3.8, 4) is 5.75 Å². The smallest absolute Gasteiger partial charge is 0.265 e. The summed E-state index contributed by atoms with van der Waals surface area (Å²) < 4.78 is 5.50. The summed E-state index contributed by atoms with van der Waals surface area (Å²) in [6.07, 6.45) is 3.00. The molecular weight excluding hydrogens is 414 g/mol. The molecule has 2 aromatic carbocycles. The monoisotopic (exact) mass is 435 g/mol. The molecule has 0 saturated carbocycles. The van der Waals surface area contributed by atoms with Gasteiger partial charge in [0.05, 0.1) is 0 Å². The second-order valence-electron chi connectivity index (χ2n) is 6.79. The van der Waals surface area contributed by atoms with E-state index in [4.69, 9.17) is 17.0 Å². The Morgan fingerprint density at radius 1 is 1.16 bits per heavy atom.